The Morgan fingerprint density at radius 2 is 1.89 bits per heavy atom. The molecule has 2 N–H and O–H groups in total. The average Bonchev–Trinajstić information content (AvgIpc) is 2.68. The second kappa shape index (κ2) is 8.09. The minimum Gasteiger partial charge on any atom is -0.435 e. The van der Waals surface area contributed by atoms with Crippen molar-refractivity contribution < 1.29 is 38.9 Å². The molecule has 9 heteroatoms. The third-order valence-electron chi connectivity index (χ3n) is 4.74. The average molecular weight is 391 g/mol. The van der Waals surface area contributed by atoms with Crippen molar-refractivity contribution in [2.75, 3.05) is 13.2 Å². The number of carbonyl (C=O) groups excluding carboxylic acids is 3. The summed E-state index contributed by atoms with van der Waals surface area (Å²) in [6, 6.07) is 9.01. The van der Waals surface area contributed by atoms with Crippen LogP contribution in [-0.2, 0) is 30.5 Å². The Balaban J connectivity index is 1.73. The minimum atomic E-state index is -1.70. The first kappa shape index (κ1) is 20.0. The Hall–Kier alpha value is -2.75. The lowest BCUT2D eigenvalue weighted by Gasteiger charge is -2.53. The minimum absolute atomic E-state index is 0.0125. The van der Waals surface area contributed by atoms with Gasteiger partial charge >= 0.3 is 6.16 Å². The second-order valence-corrected chi connectivity index (χ2v) is 6.49. The molecule has 3 atom stereocenters. The summed E-state index contributed by atoms with van der Waals surface area (Å²) >= 11 is 0. The van der Waals surface area contributed by atoms with E-state index in [1.165, 1.54) is 0 Å². The Labute approximate surface area is 161 Å². The number of β-lactam (4-membered cyclic amide) rings is 1. The van der Waals surface area contributed by atoms with Gasteiger partial charge in [-0.3, -0.25) is 14.4 Å². The summed E-state index contributed by atoms with van der Waals surface area (Å²) in [4.78, 5) is 41.5. The van der Waals surface area contributed by atoms with Crippen LogP contribution in [-0.4, -0.2) is 64.1 Å². The number of carbonyl (C=O) groups is 3. The van der Waals surface area contributed by atoms with Gasteiger partial charge in [0.2, 0.25) is 5.91 Å². The fraction of sp³-hybridized carbons (Fsp3) is 0.421. The van der Waals surface area contributed by atoms with Gasteiger partial charge in [0, 0.05) is 5.57 Å². The summed E-state index contributed by atoms with van der Waals surface area (Å²) in [5.74, 6) is -1.09. The lowest BCUT2D eigenvalue weighted by atomic mass is 9.70. The first-order valence-electron chi connectivity index (χ1n) is 8.80. The van der Waals surface area contributed by atoms with Gasteiger partial charge in [0.05, 0.1) is 13.0 Å². The molecule has 1 heterocycles. The summed E-state index contributed by atoms with van der Waals surface area (Å²) in [6.07, 6.45) is -3.31. The van der Waals surface area contributed by atoms with Crippen molar-refractivity contribution in [2.24, 2.45) is 0 Å². The first-order valence-corrected chi connectivity index (χ1v) is 8.80. The third kappa shape index (κ3) is 3.51. The number of hydrogen-bond acceptors (Lipinski definition) is 8. The predicted molar refractivity (Wildman–Crippen MR) is 93.5 cm³/mol. The van der Waals surface area contributed by atoms with Crippen LogP contribution in [0.15, 0.2) is 42.0 Å². The van der Waals surface area contributed by atoms with E-state index in [1.54, 1.807) is 31.2 Å². The maximum atomic E-state index is 12.7. The normalized spacial score (nSPS) is 26.7. The number of ether oxygens (including phenoxy) is 2. The molecule has 0 bridgehead atoms. The number of aliphatic hydroxyl groups excluding tert-OH is 2. The van der Waals surface area contributed by atoms with Crippen molar-refractivity contribution in [3.8, 4) is 0 Å². The number of benzene rings is 1. The fourth-order valence-corrected chi connectivity index (χ4v) is 3.24. The van der Waals surface area contributed by atoms with Crippen LogP contribution < -0.4 is 0 Å². The monoisotopic (exact) mass is 391 g/mol. The second-order valence-electron chi connectivity index (χ2n) is 6.49. The van der Waals surface area contributed by atoms with Crippen LogP contribution in [0.4, 0.5) is 4.79 Å². The lowest BCUT2D eigenvalue weighted by molar-refractivity contribution is -0.279. The van der Waals surface area contributed by atoms with Crippen LogP contribution in [0.3, 0.4) is 0 Å². The molecular weight excluding hydrogens is 370 g/mol. The number of amides is 1. The Morgan fingerprint density at radius 3 is 2.54 bits per heavy atom. The molecule has 0 saturated carbocycles. The molecule has 28 heavy (non-hydrogen) atoms. The van der Waals surface area contributed by atoms with Gasteiger partial charge in [-0.1, -0.05) is 30.3 Å². The van der Waals surface area contributed by atoms with Gasteiger partial charge in [0.15, 0.2) is 11.3 Å². The topological polar surface area (TPSA) is 123 Å². The molecule has 1 saturated heterocycles. The van der Waals surface area contributed by atoms with E-state index >= 15 is 0 Å². The zero-order chi connectivity index (χ0) is 20.3. The predicted octanol–water partition coefficient (Wildman–Crippen LogP) is 0.493. The molecule has 0 radical (unpaired) electrons. The van der Waals surface area contributed by atoms with Crippen LogP contribution in [0.2, 0.25) is 0 Å². The van der Waals surface area contributed by atoms with E-state index in [1.807, 2.05) is 6.07 Å². The number of aliphatic hydroxyl groups is 2. The van der Waals surface area contributed by atoms with E-state index in [0.717, 1.165) is 16.7 Å². The smallest absolute Gasteiger partial charge is 0.435 e. The molecule has 0 aromatic heterocycles. The first-order chi connectivity index (χ1) is 13.4. The van der Waals surface area contributed by atoms with E-state index in [9.17, 15) is 24.6 Å². The standard InChI is InChI=1S/C19H21NO8/c1-2-26-18(25)27-11-13-8-14(21)19(17(24)16(13)23)9-15(22)20(19)28-10-12-6-4-3-5-7-12/h3-8,16-17,23-24H,2,9-11H2,1H3/t16-,17-,19-/m1/s1. The molecule has 1 aliphatic heterocycles. The molecule has 1 spiro atoms. The quantitative estimate of drug-likeness (QED) is 0.531. The Morgan fingerprint density at radius 1 is 1.18 bits per heavy atom. The van der Waals surface area contributed by atoms with E-state index in [-0.39, 0.29) is 25.2 Å². The maximum Gasteiger partial charge on any atom is 0.508 e. The number of hydrogen-bond donors (Lipinski definition) is 2. The summed E-state index contributed by atoms with van der Waals surface area (Å²) < 4.78 is 9.41. The van der Waals surface area contributed by atoms with Crippen molar-refractivity contribution in [3.63, 3.8) is 0 Å². The van der Waals surface area contributed by atoms with Gasteiger partial charge < -0.3 is 19.7 Å². The number of hydroxylamine groups is 2. The van der Waals surface area contributed by atoms with Gasteiger partial charge in [-0.15, -0.1) is 0 Å². The van der Waals surface area contributed by atoms with Gasteiger partial charge in [0.25, 0.3) is 0 Å². The van der Waals surface area contributed by atoms with E-state index in [0.29, 0.717) is 0 Å². The highest BCUT2D eigenvalue weighted by atomic mass is 16.7. The van der Waals surface area contributed by atoms with Crippen LogP contribution in [0, 0.1) is 0 Å². The molecule has 1 aliphatic carbocycles. The number of nitrogens with zero attached hydrogens (tertiary/aromatic N) is 1. The van der Waals surface area contributed by atoms with E-state index in [2.05, 4.69) is 4.74 Å². The molecule has 1 amide bonds. The highest BCUT2D eigenvalue weighted by Crippen LogP contribution is 2.42. The Kier molecular flexibility index (Phi) is 5.78. The maximum absolute atomic E-state index is 12.7. The van der Waals surface area contributed by atoms with Crippen molar-refractivity contribution in [1.82, 2.24) is 5.06 Å². The Bertz CT molecular complexity index is 792. The SMILES string of the molecule is CCOC(=O)OCC1=CC(=O)[C@]2(CC(=O)N2OCc2ccccc2)[C@H](O)[C@@H]1O. The van der Waals surface area contributed by atoms with Gasteiger partial charge in [0.1, 0.15) is 25.4 Å². The van der Waals surface area contributed by atoms with Gasteiger partial charge in [-0.05, 0) is 18.6 Å². The molecule has 150 valence electrons. The number of rotatable bonds is 6. The molecule has 1 aromatic rings. The largest absolute Gasteiger partial charge is 0.508 e. The van der Waals surface area contributed by atoms with E-state index < -0.39 is 42.2 Å². The molecule has 1 aromatic carbocycles. The van der Waals surface area contributed by atoms with Crippen LogP contribution in [0.1, 0.15) is 18.9 Å². The molecular formula is C19H21NO8. The summed E-state index contributed by atoms with van der Waals surface area (Å²) in [6.45, 7) is 1.32. The highest BCUT2D eigenvalue weighted by Gasteiger charge is 2.65. The molecule has 2 aliphatic rings. The fourth-order valence-electron chi connectivity index (χ4n) is 3.24. The summed E-state index contributed by atoms with van der Waals surface area (Å²) in [7, 11) is 0. The van der Waals surface area contributed by atoms with Crippen molar-refractivity contribution in [3.05, 3.63) is 47.5 Å². The van der Waals surface area contributed by atoms with Crippen molar-refractivity contribution >= 4 is 17.8 Å². The molecule has 1 fully saturated rings. The van der Waals surface area contributed by atoms with Crippen LogP contribution in [0.25, 0.3) is 0 Å². The summed E-state index contributed by atoms with van der Waals surface area (Å²) in [5, 5.41) is 21.8. The zero-order valence-electron chi connectivity index (χ0n) is 15.2. The number of ketones is 1. The van der Waals surface area contributed by atoms with Crippen LogP contribution in [0.5, 0.6) is 0 Å². The zero-order valence-corrected chi connectivity index (χ0v) is 15.2. The van der Waals surface area contributed by atoms with E-state index in [4.69, 9.17) is 9.57 Å². The van der Waals surface area contributed by atoms with Crippen molar-refractivity contribution in [2.45, 2.75) is 37.7 Å². The van der Waals surface area contributed by atoms with Gasteiger partial charge in [-0.25, -0.2) is 9.86 Å². The molecule has 3 rings (SSSR count). The van der Waals surface area contributed by atoms with Crippen LogP contribution >= 0.6 is 0 Å². The molecule has 0 unspecified atom stereocenters. The van der Waals surface area contributed by atoms with Crippen molar-refractivity contribution in [1.29, 1.82) is 0 Å². The highest BCUT2D eigenvalue weighted by molar-refractivity contribution is 6.09. The lowest BCUT2D eigenvalue weighted by Crippen LogP contribution is -2.76. The third-order valence-corrected chi connectivity index (χ3v) is 4.74. The van der Waals surface area contributed by atoms with Gasteiger partial charge in [-0.2, -0.15) is 0 Å². The summed E-state index contributed by atoms with van der Waals surface area (Å²) in [5.41, 5.74) is -0.910. The molecule has 9 nitrogen and oxygen atoms in total.